The Balaban J connectivity index is 2.29. The number of rotatable bonds is 5. The minimum Gasteiger partial charge on any atom is -0.369 e. The Morgan fingerprint density at radius 2 is 1.82 bits per heavy atom. The van der Waals surface area contributed by atoms with Gasteiger partial charge < -0.3 is 11.1 Å². The molecule has 1 rings (SSSR count). The molecule has 0 bridgehead atoms. The maximum absolute atomic E-state index is 11.2. The highest BCUT2D eigenvalue weighted by Gasteiger charge is 2.28. The lowest BCUT2D eigenvalue weighted by Crippen LogP contribution is -2.45. The Morgan fingerprint density at radius 1 is 1.29 bits per heavy atom. The van der Waals surface area contributed by atoms with Crippen LogP contribution in [0.1, 0.15) is 53.4 Å². The summed E-state index contributed by atoms with van der Waals surface area (Å²) in [5, 5.41) is 3.50. The van der Waals surface area contributed by atoms with Crippen molar-refractivity contribution in [3.8, 4) is 0 Å². The molecule has 0 radical (unpaired) electrons. The van der Waals surface area contributed by atoms with Crippen molar-refractivity contribution >= 4 is 5.91 Å². The Kier molecular flexibility index (Phi) is 4.99. The van der Waals surface area contributed by atoms with Gasteiger partial charge in [-0.15, -0.1) is 0 Å². The second-order valence-electron chi connectivity index (χ2n) is 6.48. The van der Waals surface area contributed by atoms with Crippen LogP contribution < -0.4 is 11.1 Å². The summed E-state index contributed by atoms with van der Waals surface area (Å²) in [6.45, 7) is 9.13. The zero-order valence-corrected chi connectivity index (χ0v) is 11.8. The first kappa shape index (κ1) is 14.5. The molecule has 0 aliphatic heterocycles. The van der Waals surface area contributed by atoms with Crippen LogP contribution in [-0.2, 0) is 4.79 Å². The second-order valence-corrected chi connectivity index (χ2v) is 6.48. The van der Waals surface area contributed by atoms with Crippen molar-refractivity contribution in [1.29, 1.82) is 0 Å². The van der Waals surface area contributed by atoms with Gasteiger partial charge in [0, 0.05) is 12.6 Å². The van der Waals surface area contributed by atoms with Gasteiger partial charge in [-0.3, -0.25) is 4.79 Å². The third-order valence-corrected chi connectivity index (χ3v) is 4.21. The van der Waals surface area contributed by atoms with Crippen molar-refractivity contribution < 1.29 is 4.79 Å². The first-order valence-corrected chi connectivity index (χ1v) is 6.86. The minimum atomic E-state index is -0.436. The van der Waals surface area contributed by atoms with Crippen LogP contribution in [0.3, 0.4) is 0 Å². The molecular formula is C14H28N2O. The van der Waals surface area contributed by atoms with E-state index < -0.39 is 5.41 Å². The zero-order chi connectivity index (χ0) is 13.1. The van der Waals surface area contributed by atoms with E-state index in [1.807, 2.05) is 13.8 Å². The molecule has 0 saturated heterocycles. The van der Waals surface area contributed by atoms with Crippen LogP contribution in [-0.4, -0.2) is 18.5 Å². The summed E-state index contributed by atoms with van der Waals surface area (Å²) in [4.78, 5) is 11.2. The van der Waals surface area contributed by atoms with E-state index in [2.05, 4.69) is 19.2 Å². The van der Waals surface area contributed by atoms with Gasteiger partial charge in [0.05, 0.1) is 5.41 Å². The van der Waals surface area contributed by atoms with Crippen molar-refractivity contribution in [3.05, 3.63) is 0 Å². The Bertz CT molecular complexity index is 253. The number of nitrogens with one attached hydrogen (secondary N) is 1. The van der Waals surface area contributed by atoms with Crippen molar-refractivity contribution in [2.24, 2.45) is 23.0 Å². The van der Waals surface area contributed by atoms with Crippen molar-refractivity contribution in [3.63, 3.8) is 0 Å². The molecule has 3 N–H and O–H groups in total. The molecule has 0 aromatic rings. The van der Waals surface area contributed by atoms with E-state index in [0.29, 0.717) is 12.6 Å². The van der Waals surface area contributed by atoms with Gasteiger partial charge in [0.1, 0.15) is 0 Å². The van der Waals surface area contributed by atoms with E-state index in [4.69, 9.17) is 5.73 Å². The molecular weight excluding hydrogens is 212 g/mol. The van der Waals surface area contributed by atoms with Crippen LogP contribution in [0.15, 0.2) is 0 Å². The topological polar surface area (TPSA) is 55.1 Å². The Morgan fingerprint density at radius 3 is 2.24 bits per heavy atom. The highest BCUT2D eigenvalue weighted by Crippen LogP contribution is 2.30. The summed E-state index contributed by atoms with van der Waals surface area (Å²) in [7, 11) is 0. The number of nitrogens with two attached hydrogens (primary N) is 1. The van der Waals surface area contributed by atoms with Gasteiger partial charge in [-0.1, -0.05) is 13.8 Å². The zero-order valence-electron chi connectivity index (χ0n) is 11.8. The van der Waals surface area contributed by atoms with Gasteiger partial charge >= 0.3 is 0 Å². The molecule has 3 heteroatoms. The van der Waals surface area contributed by atoms with E-state index >= 15 is 0 Å². The van der Waals surface area contributed by atoms with E-state index in [1.165, 1.54) is 25.7 Å². The van der Waals surface area contributed by atoms with Crippen LogP contribution >= 0.6 is 0 Å². The number of primary amides is 1. The number of carbonyl (C=O) groups excluding carboxylic acids is 1. The molecule has 1 saturated carbocycles. The first-order chi connectivity index (χ1) is 7.83. The van der Waals surface area contributed by atoms with Gasteiger partial charge in [0.25, 0.3) is 0 Å². The monoisotopic (exact) mass is 240 g/mol. The number of hydrogen-bond acceptors (Lipinski definition) is 2. The van der Waals surface area contributed by atoms with Crippen LogP contribution in [0.25, 0.3) is 0 Å². The maximum Gasteiger partial charge on any atom is 0.224 e. The number of amides is 1. The van der Waals surface area contributed by atoms with E-state index in [1.54, 1.807) is 0 Å². The summed E-state index contributed by atoms with van der Waals surface area (Å²) in [5.41, 5.74) is 4.93. The maximum atomic E-state index is 11.2. The largest absolute Gasteiger partial charge is 0.369 e. The quantitative estimate of drug-likeness (QED) is 0.774. The fraction of sp³-hybridized carbons (Fsp3) is 0.929. The number of hydrogen-bond donors (Lipinski definition) is 2. The smallest absolute Gasteiger partial charge is 0.224 e. The fourth-order valence-electron chi connectivity index (χ4n) is 2.48. The lowest BCUT2D eigenvalue weighted by molar-refractivity contribution is -0.125. The average molecular weight is 240 g/mol. The van der Waals surface area contributed by atoms with Gasteiger partial charge in [0.2, 0.25) is 5.91 Å². The minimum absolute atomic E-state index is 0.221. The van der Waals surface area contributed by atoms with Gasteiger partial charge in [0.15, 0.2) is 0 Å². The normalized spacial score (nSPS) is 26.2. The molecule has 0 atom stereocenters. The summed E-state index contributed by atoms with van der Waals surface area (Å²) < 4.78 is 0. The van der Waals surface area contributed by atoms with Gasteiger partial charge in [-0.25, -0.2) is 0 Å². The molecule has 1 fully saturated rings. The summed E-state index contributed by atoms with van der Waals surface area (Å²) in [5.74, 6) is 1.47. The van der Waals surface area contributed by atoms with Crippen LogP contribution in [0.5, 0.6) is 0 Å². The van der Waals surface area contributed by atoms with E-state index in [0.717, 1.165) is 11.8 Å². The van der Waals surface area contributed by atoms with Gasteiger partial charge in [-0.05, 0) is 51.4 Å². The third kappa shape index (κ3) is 4.30. The molecule has 17 heavy (non-hydrogen) atoms. The molecule has 0 unspecified atom stereocenters. The molecule has 3 nitrogen and oxygen atoms in total. The molecule has 1 aliphatic rings. The summed E-state index contributed by atoms with van der Waals surface area (Å²) in [6, 6.07) is 0.573. The number of carbonyl (C=O) groups is 1. The Labute approximate surface area is 106 Å². The van der Waals surface area contributed by atoms with Crippen molar-refractivity contribution in [1.82, 2.24) is 5.32 Å². The molecule has 0 aromatic carbocycles. The molecule has 0 spiro atoms. The first-order valence-electron chi connectivity index (χ1n) is 6.86. The predicted octanol–water partition coefficient (Wildman–Crippen LogP) is 2.30. The average Bonchev–Trinajstić information content (AvgIpc) is 2.27. The molecule has 1 amide bonds. The van der Waals surface area contributed by atoms with Gasteiger partial charge in [-0.2, -0.15) is 0 Å². The van der Waals surface area contributed by atoms with Crippen molar-refractivity contribution in [2.75, 3.05) is 6.54 Å². The van der Waals surface area contributed by atoms with E-state index in [9.17, 15) is 4.79 Å². The molecule has 1 aliphatic carbocycles. The second kappa shape index (κ2) is 5.85. The SMILES string of the molecule is CC(C)C1CCC(NCC(C)(C)C(N)=O)CC1. The Hall–Kier alpha value is -0.570. The fourth-order valence-corrected chi connectivity index (χ4v) is 2.48. The van der Waals surface area contributed by atoms with Crippen LogP contribution in [0.2, 0.25) is 0 Å². The van der Waals surface area contributed by atoms with Crippen molar-refractivity contribution in [2.45, 2.75) is 59.4 Å². The van der Waals surface area contributed by atoms with Crippen LogP contribution in [0, 0.1) is 17.3 Å². The standard InChI is InChI=1S/C14H28N2O/c1-10(2)11-5-7-12(8-6-11)16-9-14(3,4)13(15)17/h10-12,16H,5-9H2,1-4H3,(H2,15,17). The summed E-state index contributed by atoms with van der Waals surface area (Å²) in [6.07, 6.45) is 5.09. The lowest BCUT2D eigenvalue weighted by Gasteiger charge is -2.33. The van der Waals surface area contributed by atoms with E-state index in [-0.39, 0.29) is 5.91 Å². The highest BCUT2D eigenvalue weighted by atomic mass is 16.1. The lowest BCUT2D eigenvalue weighted by atomic mass is 9.79. The highest BCUT2D eigenvalue weighted by molar-refractivity contribution is 5.80. The van der Waals surface area contributed by atoms with Crippen LogP contribution in [0.4, 0.5) is 0 Å². The molecule has 100 valence electrons. The molecule has 0 aromatic heterocycles. The third-order valence-electron chi connectivity index (χ3n) is 4.21. The predicted molar refractivity (Wildman–Crippen MR) is 71.6 cm³/mol. The molecule has 0 heterocycles. The summed E-state index contributed by atoms with van der Waals surface area (Å²) >= 11 is 0.